The summed E-state index contributed by atoms with van der Waals surface area (Å²) in [4.78, 5) is 1.22. The monoisotopic (exact) mass is 364 g/mol. The summed E-state index contributed by atoms with van der Waals surface area (Å²) in [5.41, 5.74) is 5.41. The fourth-order valence-electron chi connectivity index (χ4n) is 1.52. The maximum absolute atomic E-state index is 12.1. The number of thiophene rings is 1. The Bertz CT molecular complexity index is 635. The Hall–Kier alpha value is -0.670. The Morgan fingerprint density at radius 3 is 2.84 bits per heavy atom. The smallest absolute Gasteiger partial charge is 0.244 e. The fraction of sp³-hybridized carbons (Fsp3) is 0.273. The van der Waals surface area contributed by atoms with Gasteiger partial charge in [0.2, 0.25) is 10.0 Å². The molecule has 0 aliphatic rings. The Morgan fingerprint density at radius 2 is 2.26 bits per heavy atom. The molecule has 0 saturated heterocycles. The van der Waals surface area contributed by atoms with Gasteiger partial charge >= 0.3 is 0 Å². The Balaban J connectivity index is 2.03. The number of hydrogen-bond acceptors (Lipinski definition) is 5. The molecular formula is C11H13BrN2O3S2. The van der Waals surface area contributed by atoms with Gasteiger partial charge in [-0.05, 0) is 33.8 Å². The van der Waals surface area contributed by atoms with Crippen molar-refractivity contribution >= 4 is 37.3 Å². The van der Waals surface area contributed by atoms with E-state index in [0.717, 1.165) is 4.88 Å². The molecule has 3 N–H and O–H groups in total. The first-order chi connectivity index (χ1) is 9.03. The van der Waals surface area contributed by atoms with Crippen molar-refractivity contribution in [3.8, 4) is 0 Å². The van der Waals surface area contributed by atoms with E-state index in [9.17, 15) is 8.42 Å². The van der Waals surface area contributed by atoms with Crippen LogP contribution < -0.4 is 10.5 Å². The van der Waals surface area contributed by atoms with Gasteiger partial charge in [0.05, 0.1) is 6.54 Å². The second-order valence-corrected chi connectivity index (χ2v) is 7.27. The summed E-state index contributed by atoms with van der Waals surface area (Å²) < 4.78 is 32.0. The van der Waals surface area contributed by atoms with Crippen LogP contribution in [0.4, 0.5) is 0 Å². The molecule has 2 heterocycles. The van der Waals surface area contributed by atoms with Crippen LogP contribution in [-0.2, 0) is 23.0 Å². The molecule has 0 fully saturated rings. The Kier molecular flexibility index (Phi) is 4.80. The molecule has 2 aromatic rings. The molecule has 19 heavy (non-hydrogen) atoms. The van der Waals surface area contributed by atoms with Gasteiger partial charge in [-0.1, -0.05) is 6.07 Å². The van der Waals surface area contributed by atoms with Gasteiger partial charge in [-0.15, -0.1) is 11.3 Å². The van der Waals surface area contributed by atoms with Crippen molar-refractivity contribution in [1.29, 1.82) is 0 Å². The van der Waals surface area contributed by atoms with E-state index in [1.54, 1.807) is 11.3 Å². The first-order valence-corrected chi connectivity index (χ1v) is 8.69. The van der Waals surface area contributed by atoms with Gasteiger partial charge in [0.15, 0.2) is 4.67 Å². The van der Waals surface area contributed by atoms with Gasteiger partial charge in [-0.2, -0.15) is 0 Å². The van der Waals surface area contributed by atoms with Crippen LogP contribution in [0.25, 0.3) is 0 Å². The highest BCUT2D eigenvalue weighted by atomic mass is 79.9. The lowest BCUT2D eigenvalue weighted by molar-refractivity contribution is 0.483. The number of sulfonamides is 1. The third-order valence-corrected chi connectivity index (χ3v) is 5.69. The molecule has 0 radical (unpaired) electrons. The summed E-state index contributed by atoms with van der Waals surface area (Å²) in [6.45, 7) is 0.502. The minimum Gasteiger partial charge on any atom is -0.452 e. The summed E-state index contributed by atoms with van der Waals surface area (Å²) in [5, 5.41) is 1.96. The largest absolute Gasteiger partial charge is 0.452 e. The standard InChI is InChI=1S/C11H13BrN2O3S2/c12-11-10(6-8(7-13)17-11)19(15,16)14-4-3-9-2-1-5-18-9/h1-2,5-6,14H,3-4,7,13H2. The van der Waals surface area contributed by atoms with E-state index in [-0.39, 0.29) is 16.1 Å². The number of hydrogen-bond donors (Lipinski definition) is 2. The molecular weight excluding hydrogens is 352 g/mol. The third kappa shape index (κ3) is 3.67. The summed E-state index contributed by atoms with van der Waals surface area (Å²) in [6.07, 6.45) is 0.663. The predicted octanol–water partition coefficient (Wildman–Crippen LogP) is 2.08. The van der Waals surface area contributed by atoms with Gasteiger partial charge in [-0.3, -0.25) is 0 Å². The highest BCUT2D eigenvalue weighted by molar-refractivity contribution is 9.10. The van der Waals surface area contributed by atoms with Crippen LogP contribution in [0.2, 0.25) is 0 Å². The molecule has 2 rings (SSSR count). The molecule has 0 atom stereocenters. The van der Waals surface area contributed by atoms with Crippen LogP contribution >= 0.6 is 27.3 Å². The van der Waals surface area contributed by atoms with E-state index in [1.807, 2.05) is 17.5 Å². The molecule has 0 saturated carbocycles. The highest BCUT2D eigenvalue weighted by Crippen LogP contribution is 2.25. The van der Waals surface area contributed by atoms with Crippen molar-refractivity contribution in [3.05, 3.63) is 38.9 Å². The lowest BCUT2D eigenvalue weighted by Gasteiger charge is -2.03. The van der Waals surface area contributed by atoms with Crippen molar-refractivity contribution in [2.75, 3.05) is 6.54 Å². The lowest BCUT2D eigenvalue weighted by atomic mass is 10.3. The average molecular weight is 365 g/mol. The maximum Gasteiger partial charge on any atom is 0.244 e. The highest BCUT2D eigenvalue weighted by Gasteiger charge is 2.21. The van der Waals surface area contributed by atoms with Crippen LogP contribution in [0.15, 0.2) is 37.6 Å². The third-order valence-electron chi connectivity index (χ3n) is 2.44. The number of nitrogens with one attached hydrogen (secondary N) is 1. The normalized spacial score (nSPS) is 11.9. The van der Waals surface area contributed by atoms with Crippen LogP contribution in [0, 0.1) is 0 Å². The minimum atomic E-state index is -3.57. The van der Waals surface area contributed by atoms with E-state index in [1.165, 1.54) is 6.07 Å². The zero-order valence-electron chi connectivity index (χ0n) is 9.93. The molecule has 0 unspecified atom stereocenters. The topological polar surface area (TPSA) is 85.3 Å². The summed E-state index contributed by atoms with van der Waals surface area (Å²) in [6, 6.07) is 5.34. The zero-order chi connectivity index (χ0) is 13.9. The molecule has 0 bridgehead atoms. The van der Waals surface area contributed by atoms with Crippen molar-refractivity contribution in [2.45, 2.75) is 17.9 Å². The number of furan rings is 1. The van der Waals surface area contributed by atoms with Gasteiger partial charge in [0.1, 0.15) is 10.7 Å². The van der Waals surface area contributed by atoms with Crippen molar-refractivity contribution in [1.82, 2.24) is 4.72 Å². The number of rotatable bonds is 6. The molecule has 8 heteroatoms. The zero-order valence-corrected chi connectivity index (χ0v) is 13.1. The molecule has 2 aromatic heterocycles. The van der Waals surface area contributed by atoms with Crippen molar-refractivity contribution in [2.24, 2.45) is 5.73 Å². The molecule has 104 valence electrons. The van der Waals surface area contributed by atoms with E-state index in [0.29, 0.717) is 18.7 Å². The van der Waals surface area contributed by atoms with Crippen LogP contribution in [0.1, 0.15) is 10.6 Å². The van der Waals surface area contributed by atoms with Crippen molar-refractivity contribution in [3.63, 3.8) is 0 Å². The summed E-state index contributed by atoms with van der Waals surface area (Å²) >= 11 is 4.69. The van der Waals surface area contributed by atoms with E-state index in [2.05, 4.69) is 20.7 Å². The average Bonchev–Trinajstić information content (AvgIpc) is 2.98. The second kappa shape index (κ2) is 6.19. The Morgan fingerprint density at radius 1 is 1.47 bits per heavy atom. The number of halogens is 1. The predicted molar refractivity (Wildman–Crippen MR) is 77.5 cm³/mol. The van der Waals surface area contributed by atoms with Crippen LogP contribution in [0.3, 0.4) is 0 Å². The molecule has 0 spiro atoms. The van der Waals surface area contributed by atoms with Gasteiger partial charge < -0.3 is 10.2 Å². The molecule has 5 nitrogen and oxygen atoms in total. The van der Waals surface area contributed by atoms with Crippen LogP contribution in [0.5, 0.6) is 0 Å². The summed E-state index contributed by atoms with van der Waals surface area (Å²) in [7, 11) is -3.57. The van der Waals surface area contributed by atoms with E-state index < -0.39 is 10.0 Å². The lowest BCUT2D eigenvalue weighted by Crippen LogP contribution is -2.25. The number of nitrogens with two attached hydrogens (primary N) is 1. The van der Waals surface area contributed by atoms with Crippen LogP contribution in [-0.4, -0.2) is 15.0 Å². The Labute approximate surface area is 124 Å². The van der Waals surface area contributed by atoms with Gasteiger partial charge in [0, 0.05) is 17.5 Å². The first kappa shape index (κ1) is 14.7. The molecule has 0 amide bonds. The second-order valence-electron chi connectivity index (χ2n) is 3.78. The van der Waals surface area contributed by atoms with Crippen molar-refractivity contribution < 1.29 is 12.8 Å². The fourth-order valence-corrected chi connectivity index (χ4v) is 4.26. The quantitative estimate of drug-likeness (QED) is 0.821. The SMILES string of the molecule is NCc1cc(S(=O)(=O)NCCc2cccs2)c(Br)o1. The molecule has 0 aromatic carbocycles. The van der Waals surface area contributed by atoms with E-state index >= 15 is 0 Å². The van der Waals surface area contributed by atoms with E-state index in [4.69, 9.17) is 10.2 Å². The first-order valence-electron chi connectivity index (χ1n) is 5.53. The van der Waals surface area contributed by atoms with Gasteiger partial charge in [-0.25, -0.2) is 13.1 Å². The minimum absolute atomic E-state index is 0.0825. The summed E-state index contributed by atoms with van der Waals surface area (Å²) in [5.74, 6) is 0.422. The van der Waals surface area contributed by atoms with Gasteiger partial charge in [0.25, 0.3) is 0 Å². The molecule has 0 aliphatic heterocycles. The maximum atomic E-state index is 12.1. The molecule has 0 aliphatic carbocycles.